The standard InChI is InChI=1S/C23H19F2N5O3/c1-27-30-9-15(22(32)33)20(31)14-7-12-8-16(24)19(17(25)18(12)28-21(14)30)29-10-23(26,11-29)13-5-3-2-4-6-13/h2-9,27H,10-11,26H2,1H3,(H,32,33). The number of halogens is 2. The number of carboxylic acids is 1. The van der Waals surface area contributed by atoms with Crippen LogP contribution in [0.3, 0.4) is 0 Å². The molecule has 0 unspecified atom stereocenters. The zero-order chi connectivity index (χ0) is 23.5. The van der Waals surface area contributed by atoms with Crippen LogP contribution in [0.15, 0.2) is 53.5 Å². The van der Waals surface area contributed by atoms with Crippen LogP contribution in [0.4, 0.5) is 14.5 Å². The number of rotatable bonds is 4. The molecule has 1 aliphatic heterocycles. The molecule has 1 saturated heterocycles. The van der Waals surface area contributed by atoms with Gasteiger partial charge in [0, 0.05) is 31.7 Å². The van der Waals surface area contributed by atoms with Crippen LogP contribution < -0.4 is 21.5 Å². The fourth-order valence-corrected chi connectivity index (χ4v) is 4.33. The number of anilines is 1. The minimum Gasteiger partial charge on any atom is -0.477 e. The van der Waals surface area contributed by atoms with Crippen LogP contribution in [-0.4, -0.2) is 40.9 Å². The van der Waals surface area contributed by atoms with E-state index in [1.54, 1.807) is 0 Å². The maximum Gasteiger partial charge on any atom is 0.341 e. The van der Waals surface area contributed by atoms with E-state index in [9.17, 15) is 14.7 Å². The highest BCUT2D eigenvalue weighted by Gasteiger charge is 2.43. The molecule has 0 atom stereocenters. The molecule has 5 rings (SSSR count). The van der Waals surface area contributed by atoms with Gasteiger partial charge in [0.2, 0.25) is 5.43 Å². The van der Waals surface area contributed by atoms with E-state index in [-0.39, 0.29) is 40.7 Å². The Bertz CT molecular complexity index is 1500. The van der Waals surface area contributed by atoms with Gasteiger partial charge in [-0.1, -0.05) is 30.3 Å². The van der Waals surface area contributed by atoms with Crippen LogP contribution in [0.5, 0.6) is 0 Å². The third-order valence-electron chi connectivity index (χ3n) is 6.01. The van der Waals surface area contributed by atoms with E-state index in [1.165, 1.54) is 22.7 Å². The van der Waals surface area contributed by atoms with Gasteiger partial charge in [-0.05, 0) is 17.7 Å². The van der Waals surface area contributed by atoms with Gasteiger partial charge in [0.25, 0.3) is 0 Å². The van der Waals surface area contributed by atoms with Crippen molar-refractivity contribution in [1.29, 1.82) is 0 Å². The first-order chi connectivity index (χ1) is 15.7. The van der Waals surface area contributed by atoms with Crippen molar-refractivity contribution in [2.24, 2.45) is 5.73 Å². The minimum absolute atomic E-state index is 0.0255. The number of pyridine rings is 2. The van der Waals surface area contributed by atoms with Crippen LogP contribution in [0.1, 0.15) is 15.9 Å². The summed E-state index contributed by atoms with van der Waals surface area (Å²) in [5.74, 6) is -3.11. The van der Waals surface area contributed by atoms with Gasteiger partial charge in [0.1, 0.15) is 22.6 Å². The Morgan fingerprint density at radius 3 is 2.55 bits per heavy atom. The molecule has 0 bridgehead atoms. The van der Waals surface area contributed by atoms with Gasteiger partial charge < -0.3 is 21.2 Å². The molecule has 2 aromatic heterocycles. The van der Waals surface area contributed by atoms with Crippen molar-refractivity contribution >= 4 is 33.6 Å². The smallest absolute Gasteiger partial charge is 0.341 e. The van der Waals surface area contributed by atoms with Crippen molar-refractivity contribution in [3.05, 3.63) is 81.6 Å². The molecule has 10 heteroatoms. The Balaban J connectivity index is 1.64. The van der Waals surface area contributed by atoms with E-state index >= 15 is 8.78 Å². The Morgan fingerprint density at radius 2 is 1.91 bits per heavy atom. The lowest BCUT2D eigenvalue weighted by molar-refractivity contribution is 0.0695. The molecular weight excluding hydrogens is 432 g/mol. The lowest BCUT2D eigenvalue weighted by atomic mass is 9.83. The normalized spacial score (nSPS) is 15.0. The first-order valence-corrected chi connectivity index (χ1v) is 10.1. The fourth-order valence-electron chi connectivity index (χ4n) is 4.33. The maximum atomic E-state index is 15.5. The van der Waals surface area contributed by atoms with Gasteiger partial charge in [0.15, 0.2) is 11.5 Å². The summed E-state index contributed by atoms with van der Waals surface area (Å²) in [6, 6.07) is 11.7. The highest BCUT2D eigenvalue weighted by molar-refractivity contribution is 5.97. The molecule has 0 spiro atoms. The number of aromatic carboxylic acids is 1. The number of aromatic nitrogens is 2. The van der Waals surface area contributed by atoms with Gasteiger partial charge in [-0.3, -0.25) is 4.79 Å². The molecule has 4 aromatic rings. The monoisotopic (exact) mass is 451 g/mol. The number of hydrogen-bond acceptors (Lipinski definition) is 6. The number of carbonyl (C=O) groups is 1. The molecule has 8 nitrogen and oxygen atoms in total. The highest BCUT2D eigenvalue weighted by Crippen LogP contribution is 2.38. The summed E-state index contributed by atoms with van der Waals surface area (Å²) >= 11 is 0. The number of nitrogens with zero attached hydrogens (tertiary/aromatic N) is 3. The number of benzene rings is 2. The average molecular weight is 451 g/mol. The number of carboxylic acid groups (broad SMARTS) is 1. The summed E-state index contributed by atoms with van der Waals surface area (Å²) in [6.45, 7) is 0.431. The summed E-state index contributed by atoms with van der Waals surface area (Å²) in [4.78, 5) is 29.8. The van der Waals surface area contributed by atoms with Crippen LogP contribution in [0.25, 0.3) is 21.9 Å². The van der Waals surface area contributed by atoms with Crippen molar-refractivity contribution in [2.75, 3.05) is 30.5 Å². The predicted octanol–water partition coefficient (Wildman–Crippen LogP) is 2.37. The second-order valence-corrected chi connectivity index (χ2v) is 8.10. The Labute approximate surface area is 185 Å². The van der Waals surface area contributed by atoms with Crippen LogP contribution in [0, 0.1) is 11.6 Å². The van der Waals surface area contributed by atoms with Crippen LogP contribution in [-0.2, 0) is 5.54 Å². The summed E-state index contributed by atoms with van der Waals surface area (Å²) in [5, 5.41) is 9.28. The lowest BCUT2D eigenvalue weighted by Crippen LogP contribution is -2.65. The number of nitrogens with two attached hydrogens (primary N) is 1. The van der Waals surface area contributed by atoms with Gasteiger partial charge in [-0.25, -0.2) is 23.2 Å². The van der Waals surface area contributed by atoms with Crippen molar-refractivity contribution in [3.8, 4) is 0 Å². The predicted molar refractivity (Wildman–Crippen MR) is 120 cm³/mol. The zero-order valence-corrected chi connectivity index (χ0v) is 17.5. The highest BCUT2D eigenvalue weighted by atomic mass is 19.1. The number of fused-ring (bicyclic) bond motifs is 2. The Hall–Kier alpha value is -4.05. The van der Waals surface area contributed by atoms with E-state index < -0.39 is 34.1 Å². The molecule has 0 aliphatic carbocycles. The van der Waals surface area contributed by atoms with E-state index in [2.05, 4.69) is 10.4 Å². The van der Waals surface area contributed by atoms with Gasteiger partial charge in [-0.2, -0.15) is 0 Å². The molecule has 4 N–H and O–H groups in total. The second-order valence-electron chi connectivity index (χ2n) is 8.10. The summed E-state index contributed by atoms with van der Waals surface area (Å²) < 4.78 is 31.8. The third-order valence-corrected chi connectivity index (χ3v) is 6.01. The van der Waals surface area contributed by atoms with Crippen molar-refractivity contribution < 1.29 is 18.7 Å². The summed E-state index contributed by atoms with van der Waals surface area (Å²) in [7, 11) is 1.50. The molecule has 3 heterocycles. The molecule has 1 aliphatic rings. The lowest BCUT2D eigenvalue weighted by Gasteiger charge is -2.49. The quantitative estimate of drug-likeness (QED) is 0.408. The molecule has 1 fully saturated rings. The van der Waals surface area contributed by atoms with E-state index in [0.717, 1.165) is 17.8 Å². The molecule has 0 radical (unpaired) electrons. The number of hydrogen-bond donors (Lipinski definition) is 3. The Kier molecular flexibility index (Phi) is 4.57. The molecule has 33 heavy (non-hydrogen) atoms. The van der Waals surface area contributed by atoms with Gasteiger partial charge >= 0.3 is 5.97 Å². The fraction of sp³-hybridized carbons (Fsp3) is 0.174. The van der Waals surface area contributed by atoms with E-state index in [0.29, 0.717) is 0 Å². The average Bonchev–Trinajstić information content (AvgIpc) is 2.78. The second kappa shape index (κ2) is 7.24. The van der Waals surface area contributed by atoms with Crippen molar-refractivity contribution in [3.63, 3.8) is 0 Å². The van der Waals surface area contributed by atoms with Crippen molar-refractivity contribution in [1.82, 2.24) is 9.66 Å². The molecular formula is C23H19F2N5O3. The maximum absolute atomic E-state index is 15.5. The summed E-state index contributed by atoms with van der Waals surface area (Å²) in [6.07, 6.45) is 1.08. The van der Waals surface area contributed by atoms with Crippen LogP contribution >= 0.6 is 0 Å². The van der Waals surface area contributed by atoms with Crippen LogP contribution in [0.2, 0.25) is 0 Å². The van der Waals surface area contributed by atoms with E-state index in [4.69, 9.17) is 5.73 Å². The third kappa shape index (κ3) is 3.10. The Morgan fingerprint density at radius 1 is 1.21 bits per heavy atom. The SMILES string of the molecule is CNn1cc(C(=O)O)c(=O)c2cc3cc(F)c(N4CC(N)(c5ccccc5)C4)c(F)c3nc21. The number of nitrogens with one attached hydrogen (secondary N) is 1. The van der Waals surface area contributed by atoms with Gasteiger partial charge in [0.05, 0.1) is 10.9 Å². The molecule has 168 valence electrons. The first-order valence-electron chi connectivity index (χ1n) is 10.1. The summed E-state index contributed by atoms with van der Waals surface area (Å²) in [5.41, 5.74) is 7.65. The molecule has 0 saturated carbocycles. The topological polar surface area (TPSA) is 113 Å². The largest absolute Gasteiger partial charge is 0.477 e. The first kappa shape index (κ1) is 20.8. The van der Waals surface area contributed by atoms with Gasteiger partial charge in [-0.15, -0.1) is 0 Å². The molecule has 2 aromatic carbocycles. The minimum atomic E-state index is -1.42. The van der Waals surface area contributed by atoms with Crippen molar-refractivity contribution in [2.45, 2.75) is 5.54 Å². The molecule has 0 amide bonds. The zero-order valence-electron chi connectivity index (χ0n) is 17.5. The van der Waals surface area contributed by atoms with E-state index in [1.807, 2.05) is 30.3 Å².